The molecule has 0 aromatic rings. The second kappa shape index (κ2) is 3.52. The van der Waals surface area contributed by atoms with E-state index in [1.54, 1.807) is 0 Å². The maximum absolute atomic E-state index is 8.29. The Hall–Kier alpha value is -0.620. The van der Waals surface area contributed by atoms with Gasteiger partial charge in [-0.2, -0.15) is 5.26 Å². The summed E-state index contributed by atoms with van der Waals surface area (Å²) in [5.74, 6) is 0. The lowest BCUT2D eigenvalue weighted by atomic mass is 10.4. The normalized spacial score (nSPS) is 17.5. The van der Waals surface area contributed by atoms with E-state index >= 15 is 0 Å². The van der Waals surface area contributed by atoms with Crippen molar-refractivity contribution in [2.45, 2.75) is 19.3 Å². The Morgan fingerprint density at radius 1 is 1.70 bits per heavy atom. The first kappa shape index (κ1) is 7.49. The van der Waals surface area contributed by atoms with Crippen LogP contribution in [0.15, 0.2) is 0 Å². The van der Waals surface area contributed by atoms with Crippen LogP contribution in [0.3, 0.4) is 0 Å². The highest BCUT2D eigenvalue weighted by atomic mass is 32.1. The molecule has 1 saturated heterocycles. The van der Waals surface area contributed by atoms with Gasteiger partial charge < -0.3 is 4.90 Å². The van der Waals surface area contributed by atoms with E-state index in [0.717, 1.165) is 24.5 Å². The number of rotatable bonds is 2. The summed E-state index contributed by atoms with van der Waals surface area (Å²) >= 11 is 5.07. The maximum atomic E-state index is 8.29. The second-order valence-electron chi connectivity index (χ2n) is 2.39. The second-order valence-corrected chi connectivity index (χ2v) is 2.86. The summed E-state index contributed by atoms with van der Waals surface area (Å²) in [4.78, 5) is 3.16. The van der Waals surface area contributed by atoms with Crippen LogP contribution in [-0.4, -0.2) is 23.0 Å². The monoisotopic (exact) mass is 154 g/mol. The SMILES string of the molecule is N#CCCN1CCCC1=S. The average Bonchev–Trinajstić information content (AvgIpc) is 2.31. The fraction of sp³-hybridized carbons (Fsp3) is 0.714. The molecule has 54 valence electrons. The van der Waals surface area contributed by atoms with Gasteiger partial charge in [-0.1, -0.05) is 12.2 Å². The predicted molar refractivity (Wildman–Crippen MR) is 43.6 cm³/mol. The molecular weight excluding hydrogens is 144 g/mol. The van der Waals surface area contributed by atoms with Gasteiger partial charge in [-0.3, -0.25) is 0 Å². The number of hydrogen-bond donors (Lipinski definition) is 0. The number of nitrogens with zero attached hydrogens (tertiary/aromatic N) is 2. The molecule has 1 aliphatic heterocycles. The van der Waals surface area contributed by atoms with Crippen LogP contribution >= 0.6 is 12.2 Å². The lowest BCUT2D eigenvalue weighted by molar-refractivity contribution is 0.469. The third-order valence-electron chi connectivity index (χ3n) is 1.66. The van der Waals surface area contributed by atoms with E-state index in [0.29, 0.717) is 6.42 Å². The van der Waals surface area contributed by atoms with Crippen molar-refractivity contribution in [2.75, 3.05) is 13.1 Å². The molecule has 2 nitrogen and oxygen atoms in total. The molecular formula is C7H10N2S. The predicted octanol–water partition coefficient (Wildman–Crippen LogP) is 1.32. The first-order valence-corrected chi connectivity index (χ1v) is 3.90. The first-order chi connectivity index (χ1) is 4.84. The summed E-state index contributed by atoms with van der Waals surface area (Å²) < 4.78 is 0. The number of likely N-dealkylation sites (tertiary alicyclic amines) is 1. The standard InChI is InChI=1S/C7H10N2S/c8-4-2-6-9-5-1-3-7(9)10/h1-3,5-6H2. The van der Waals surface area contributed by atoms with Crippen molar-refractivity contribution in [3.8, 4) is 6.07 Å². The third-order valence-corrected chi connectivity index (χ3v) is 2.13. The van der Waals surface area contributed by atoms with Gasteiger partial charge in [-0.05, 0) is 12.8 Å². The molecule has 0 aromatic heterocycles. The molecule has 0 radical (unpaired) electrons. The minimum atomic E-state index is 0.597. The molecule has 1 rings (SSSR count). The van der Waals surface area contributed by atoms with Crippen LogP contribution < -0.4 is 0 Å². The Kier molecular flexibility index (Phi) is 2.64. The van der Waals surface area contributed by atoms with Gasteiger partial charge in [0, 0.05) is 13.1 Å². The largest absolute Gasteiger partial charge is 0.365 e. The fourth-order valence-electron chi connectivity index (χ4n) is 1.13. The van der Waals surface area contributed by atoms with E-state index in [2.05, 4.69) is 11.0 Å². The van der Waals surface area contributed by atoms with Crippen LogP contribution in [0.2, 0.25) is 0 Å². The number of nitriles is 1. The number of thiocarbonyl (C=S) groups is 1. The van der Waals surface area contributed by atoms with Crippen LogP contribution in [-0.2, 0) is 0 Å². The molecule has 0 bridgehead atoms. The van der Waals surface area contributed by atoms with Gasteiger partial charge in [0.25, 0.3) is 0 Å². The van der Waals surface area contributed by atoms with Crippen LogP contribution in [0.5, 0.6) is 0 Å². The van der Waals surface area contributed by atoms with Gasteiger partial charge in [0.1, 0.15) is 0 Å². The Labute approximate surface area is 66.4 Å². The Balaban J connectivity index is 2.28. The zero-order chi connectivity index (χ0) is 7.40. The lowest BCUT2D eigenvalue weighted by Gasteiger charge is -2.14. The van der Waals surface area contributed by atoms with Crippen molar-refractivity contribution in [3.05, 3.63) is 0 Å². The minimum absolute atomic E-state index is 0.597. The van der Waals surface area contributed by atoms with Gasteiger partial charge in [0.15, 0.2) is 0 Å². The molecule has 0 N–H and O–H groups in total. The summed E-state index contributed by atoms with van der Waals surface area (Å²) in [6.45, 7) is 1.88. The number of hydrogen-bond acceptors (Lipinski definition) is 2. The summed E-state index contributed by atoms with van der Waals surface area (Å²) in [5, 5.41) is 8.29. The zero-order valence-corrected chi connectivity index (χ0v) is 6.65. The minimum Gasteiger partial charge on any atom is -0.365 e. The van der Waals surface area contributed by atoms with Gasteiger partial charge in [0.2, 0.25) is 0 Å². The van der Waals surface area contributed by atoms with E-state index in [1.165, 1.54) is 6.42 Å². The molecule has 1 heterocycles. The Morgan fingerprint density at radius 3 is 3.00 bits per heavy atom. The van der Waals surface area contributed by atoms with Crippen molar-refractivity contribution in [1.29, 1.82) is 5.26 Å². The summed E-state index contributed by atoms with van der Waals surface area (Å²) in [7, 11) is 0. The summed E-state index contributed by atoms with van der Waals surface area (Å²) in [6, 6.07) is 2.11. The van der Waals surface area contributed by atoms with Gasteiger partial charge in [0.05, 0.1) is 17.5 Å². The van der Waals surface area contributed by atoms with Gasteiger partial charge in [-0.15, -0.1) is 0 Å². The maximum Gasteiger partial charge on any atom is 0.0780 e. The van der Waals surface area contributed by atoms with Gasteiger partial charge in [-0.25, -0.2) is 0 Å². The first-order valence-electron chi connectivity index (χ1n) is 3.49. The van der Waals surface area contributed by atoms with E-state index in [-0.39, 0.29) is 0 Å². The van der Waals surface area contributed by atoms with Crippen molar-refractivity contribution in [1.82, 2.24) is 4.90 Å². The van der Waals surface area contributed by atoms with Crippen LogP contribution in [0.25, 0.3) is 0 Å². The summed E-state index contributed by atoms with van der Waals surface area (Å²) in [5.41, 5.74) is 0. The lowest BCUT2D eigenvalue weighted by Crippen LogP contribution is -2.23. The van der Waals surface area contributed by atoms with E-state index in [9.17, 15) is 0 Å². The van der Waals surface area contributed by atoms with E-state index in [1.807, 2.05) is 0 Å². The zero-order valence-electron chi connectivity index (χ0n) is 5.84. The molecule has 3 heteroatoms. The molecule has 0 amide bonds. The molecule has 0 atom stereocenters. The molecule has 1 fully saturated rings. The molecule has 0 unspecified atom stereocenters. The highest BCUT2D eigenvalue weighted by Crippen LogP contribution is 2.10. The summed E-state index contributed by atoms with van der Waals surface area (Å²) in [6.07, 6.45) is 2.81. The fourth-order valence-corrected chi connectivity index (χ4v) is 1.45. The molecule has 0 spiro atoms. The van der Waals surface area contributed by atoms with E-state index < -0.39 is 0 Å². The quantitative estimate of drug-likeness (QED) is 0.561. The Morgan fingerprint density at radius 2 is 2.50 bits per heavy atom. The van der Waals surface area contributed by atoms with Crippen molar-refractivity contribution in [2.24, 2.45) is 0 Å². The molecule has 1 aliphatic rings. The molecule has 0 saturated carbocycles. The smallest absolute Gasteiger partial charge is 0.0780 e. The average molecular weight is 154 g/mol. The molecule has 10 heavy (non-hydrogen) atoms. The van der Waals surface area contributed by atoms with Crippen LogP contribution in [0, 0.1) is 11.3 Å². The van der Waals surface area contributed by atoms with E-state index in [4.69, 9.17) is 17.5 Å². The topological polar surface area (TPSA) is 27.0 Å². The van der Waals surface area contributed by atoms with Crippen LogP contribution in [0.4, 0.5) is 0 Å². The highest BCUT2D eigenvalue weighted by molar-refractivity contribution is 7.80. The van der Waals surface area contributed by atoms with Gasteiger partial charge >= 0.3 is 0 Å². The third kappa shape index (κ3) is 1.68. The van der Waals surface area contributed by atoms with Crippen molar-refractivity contribution < 1.29 is 0 Å². The molecule has 0 aromatic carbocycles. The highest BCUT2D eigenvalue weighted by Gasteiger charge is 2.14. The van der Waals surface area contributed by atoms with Crippen molar-refractivity contribution in [3.63, 3.8) is 0 Å². The van der Waals surface area contributed by atoms with Crippen molar-refractivity contribution >= 4 is 17.2 Å². The Bertz CT molecular complexity index is 171. The molecule has 0 aliphatic carbocycles. The van der Waals surface area contributed by atoms with Crippen LogP contribution in [0.1, 0.15) is 19.3 Å².